The van der Waals surface area contributed by atoms with Crippen molar-refractivity contribution in [2.75, 3.05) is 33.9 Å². The van der Waals surface area contributed by atoms with Crippen LogP contribution in [-0.4, -0.2) is 56.7 Å². The van der Waals surface area contributed by atoms with Gasteiger partial charge in [0.15, 0.2) is 6.61 Å². The lowest BCUT2D eigenvalue weighted by Crippen LogP contribution is -2.40. The Balaban J connectivity index is 2.68. The highest BCUT2D eigenvalue weighted by Gasteiger charge is 2.20. The SMILES string of the molecule is COC(=O)CCN(CC(=O)OC)C(=O)COc1ccc(Cl)cc1Cl. The molecule has 0 unspecified atom stereocenters. The average molecular weight is 378 g/mol. The van der Waals surface area contributed by atoms with E-state index >= 15 is 0 Å². The number of hydrogen-bond acceptors (Lipinski definition) is 6. The van der Waals surface area contributed by atoms with Crippen LogP contribution in [0, 0.1) is 0 Å². The number of rotatable bonds is 8. The molecule has 0 atom stereocenters. The van der Waals surface area contributed by atoms with Crippen LogP contribution in [0.4, 0.5) is 0 Å². The molecule has 1 rings (SSSR count). The van der Waals surface area contributed by atoms with E-state index in [0.717, 1.165) is 4.90 Å². The third-order valence-corrected chi connectivity index (χ3v) is 3.49. The lowest BCUT2D eigenvalue weighted by atomic mass is 10.3. The van der Waals surface area contributed by atoms with Gasteiger partial charge >= 0.3 is 11.9 Å². The zero-order valence-corrected chi connectivity index (χ0v) is 14.7. The van der Waals surface area contributed by atoms with Crippen LogP contribution in [0.25, 0.3) is 0 Å². The highest BCUT2D eigenvalue weighted by molar-refractivity contribution is 6.35. The fraction of sp³-hybridized carbons (Fsp3) is 0.400. The number of esters is 2. The molecule has 0 fully saturated rings. The van der Waals surface area contributed by atoms with Crippen LogP contribution in [0.15, 0.2) is 18.2 Å². The maximum Gasteiger partial charge on any atom is 0.325 e. The number of ether oxygens (including phenoxy) is 3. The van der Waals surface area contributed by atoms with Gasteiger partial charge in [-0.3, -0.25) is 14.4 Å². The molecule has 0 N–H and O–H groups in total. The van der Waals surface area contributed by atoms with Gasteiger partial charge in [-0.2, -0.15) is 0 Å². The summed E-state index contributed by atoms with van der Waals surface area (Å²) in [7, 11) is 2.44. The number of hydrogen-bond donors (Lipinski definition) is 0. The van der Waals surface area contributed by atoms with Gasteiger partial charge in [0, 0.05) is 11.6 Å². The summed E-state index contributed by atoms with van der Waals surface area (Å²) in [5.41, 5.74) is 0. The number of nitrogens with zero attached hydrogens (tertiary/aromatic N) is 1. The van der Waals surface area contributed by atoms with Gasteiger partial charge in [-0.1, -0.05) is 23.2 Å². The van der Waals surface area contributed by atoms with Crippen LogP contribution in [-0.2, 0) is 23.9 Å². The summed E-state index contributed by atoms with van der Waals surface area (Å²) in [4.78, 5) is 36.0. The van der Waals surface area contributed by atoms with Gasteiger partial charge in [-0.25, -0.2) is 0 Å². The molecule has 132 valence electrons. The highest BCUT2D eigenvalue weighted by atomic mass is 35.5. The molecule has 0 spiro atoms. The maximum absolute atomic E-state index is 12.2. The summed E-state index contributed by atoms with van der Waals surface area (Å²) in [6.07, 6.45) is -0.0546. The number of methoxy groups -OCH3 is 2. The first-order valence-corrected chi connectivity index (χ1v) is 7.62. The first-order valence-electron chi connectivity index (χ1n) is 6.86. The standard InChI is InChI=1S/C15H17Cl2NO6/c1-22-14(20)5-6-18(8-15(21)23-2)13(19)9-24-12-4-3-10(16)7-11(12)17/h3-4,7H,5-6,8-9H2,1-2H3. The molecule has 0 aromatic heterocycles. The lowest BCUT2D eigenvalue weighted by molar-refractivity contribution is -0.149. The predicted octanol–water partition coefficient (Wildman–Crippen LogP) is 1.94. The quantitative estimate of drug-likeness (QED) is 0.643. The number of carbonyl (C=O) groups is 3. The van der Waals surface area contributed by atoms with Crippen molar-refractivity contribution in [2.24, 2.45) is 0 Å². The van der Waals surface area contributed by atoms with E-state index in [1.807, 2.05) is 0 Å². The summed E-state index contributed by atoms with van der Waals surface area (Å²) in [6.45, 7) is -0.665. The van der Waals surface area contributed by atoms with E-state index in [2.05, 4.69) is 9.47 Å². The van der Waals surface area contributed by atoms with E-state index in [4.69, 9.17) is 27.9 Å². The minimum atomic E-state index is -0.613. The molecule has 0 saturated carbocycles. The Morgan fingerprint density at radius 2 is 1.75 bits per heavy atom. The molecule has 0 radical (unpaired) electrons. The smallest absolute Gasteiger partial charge is 0.325 e. The fourth-order valence-corrected chi connectivity index (χ4v) is 2.13. The number of carbonyl (C=O) groups excluding carboxylic acids is 3. The Hall–Kier alpha value is -1.99. The van der Waals surface area contributed by atoms with Crippen molar-refractivity contribution in [3.05, 3.63) is 28.2 Å². The molecule has 0 bridgehead atoms. The molecule has 0 heterocycles. The number of halogens is 2. The molecule has 0 aliphatic carbocycles. The van der Waals surface area contributed by atoms with Gasteiger partial charge in [0.25, 0.3) is 5.91 Å². The van der Waals surface area contributed by atoms with Gasteiger partial charge in [0.2, 0.25) is 0 Å². The number of benzene rings is 1. The third-order valence-electron chi connectivity index (χ3n) is 2.96. The van der Waals surface area contributed by atoms with Crippen LogP contribution in [0.2, 0.25) is 10.0 Å². The minimum absolute atomic E-state index is 0.00167. The van der Waals surface area contributed by atoms with Crippen LogP contribution < -0.4 is 4.74 Å². The van der Waals surface area contributed by atoms with E-state index in [9.17, 15) is 14.4 Å². The zero-order chi connectivity index (χ0) is 18.1. The third kappa shape index (κ3) is 6.64. The van der Waals surface area contributed by atoms with Crippen LogP contribution in [0.5, 0.6) is 5.75 Å². The molecule has 9 heteroatoms. The average Bonchev–Trinajstić information content (AvgIpc) is 2.56. The van der Waals surface area contributed by atoms with Crippen molar-refractivity contribution in [1.82, 2.24) is 4.90 Å². The first-order chi connectivity index (χ1) is 11.4. The molecule has 0 aliphatic rings. The molecule has 24 heavy (non-hydrogen) atoms. The van der Waals surface area contributed by atoms with Crippen LogP contribution >= 0.6 is 23.2 Å². The summed E-state index contributed by atoms with van der Waals surface area (Å²) < 4.78 is 14.4. The Kier molecular flexibility index (Phi) is 8.35. The van der Waals surface area contributed by atoms with Crippen molar-refractivity contribution in [1.29, 1.82) is 0 Å². The van der Waals surface area contributed by atoms with Crippen molar-refractivity contribution in [2.45, 2.75) is 6.42 Å². The minimum Gasteiger partial charge on any atom is -0.482 e. The highest BCUT2D eigenvalue weighted by Crippen LogP contribution is 2.27. The van der Waals surface area contributed by atoms with Gasteiger partial charge < -0.3 is 19.1 Å². The molecule has 1 amide bonds. The summed E-state index contributed by atoms with van der Waals surface area (Å²) in [6, 6.07) is 4.57. The van der Waals surface area contributed by atoms with Crippen LogP contribution in [0.3, 0.4) is 0 Å². The summed E-state index contributed by atoms with van der Waals surface area (Å²) >= 11 is 11.7. The Morgan fingerprint density at radius 1 is 1.08 bits per heavy atom. The van der Waals surface area contributed by atoms with E-state index in [1.54, 1.807) is 6.07 Å². The largest absolute Gasteiger partial charge is 0.482 e. The molecule has 0 aliphatic heterocycles. The topological polar surface area (TPSA) is 82.1 Å². The van der Waals surface area contributed by atoms with E-state index in [-0.39, 0.29) is 36.9 Å². The molecule has 1 aromatic rings. The van der Waals surface area contributed by atoms with Crippen LogP contribution in [0.1, 0.15) is 6.42 Å². The van der Waals surface area contributed by atoms with Crippen molar-refractivity contribution < 1.29 is 28.6 Å². The van der Waals surface area contributed by atoms with E-state index in [1.165, 1.54) is 26.4 Å². The molecule has 7 nitrogen and oxygen atoms in total. The monoisotopic (exact) mass is 377 g/mol. The summed E-state index contributed by atoms with van der Waals surface area (Å²) in [5.74, 6) is -1.34. The molecule has 0 saturated heterocycles. The van der Waals surface area contributed by atoms with Gasteiger partial charge in [0.1, 0.15) is 12.3 Å². The van der Waals surface area contributed by atoms with Gasteiger partial charge in [0.05, 0.1) is 25.7 Å². The van der Waals surface area contributed by atoms with Crippen molar-refractivity contribution >= 4 is 41.0 Å². The van der Waals surface area contributed by atoms with Crippen molar-refractivity contribution in [3.8, 4) is 5.75 Å². The summed E-state index contributed by atoms with van der Waals surface area (Å²) in [5, 5.41) is 0.688. The predicted molar refractivity (Wildman–Crippen MR) is 87.2 cm³/mol. The second-order valence-electron chi connectivity index (χ2n) is 4.58. The van der Waals surface area contributed by atoms with Gasteiger partial charge in [-0.05, 0) is 18.2 Å². The Morgan fingerprint density at radius 3 is 2.33 bits per heavy atom. The molecular weight excluding hydrogens is 361 g/mol. The molecular formula is C15H17Cl2NO6. The first kappa shape index (κ1) is 20.1. The zero-order valence-electron chi connectivity index (χ0n) is 13.2. The second-order valence-corrected chi connectivity index (χ2v) is 5.42. The van der Waals surface area contributed by atoms with Crippen molar-refractivity contribution in [3.63, 3.8) is 0 Å². The fourth-order valence-electron chi connectivity index (χ4n) is 1.66. The number of amides is 1. The van der Waals surface area contributed by atoms with E-state index in [0.29, 0.717) is 5.02 Å². The molecule has 1 aromatic carbocycles. The Bertz CT molecular complexity index is 608. The Labute approximate surface area is 149 Å². The second kappa shape index (κ2) is 10.00. The van der Waals surface area contributed by atoms with E-state index < -0.39 is 17.8 Å². The van der Waals surface area contributed by atoms with Gasteiger partial charge in [-0.15, -0.1) is 0 Å². The maximum atomic E-state index is 12.2. The normalized spacial score (nSPS) is 10.0. The lowest BCUT2D eigenvalue weighted by Gasteiger charge is -2.21.